The number of phenols is 1. The number of aromatic carboxylic acids is 1. The molecule has 3 N–H and O–H groups in total. The summed E-state index contributed by atoms with van der Waals surface area (Å²) in [5.74, 6) is -1.25. The number of nitrogens with zero attached hydrogens (tertiary/aromatic N) is 1. The number of aromatic hydroxyl groups is 1. The summed E-state index contributed by atoms with van der Waals surface area (Å²) in [5, 5.41) is 21.1. The van der Waals surface area contributed by atoms with E-state index in [1.165, 1.54) is 18.2 Å². The molecule has 0 aliphatic carbocycles. The van der Waals surface area contributed by atoms with Gasteiger partial charge in [0, 0.05) is 37.9 Å². The molecule has 2 rings (SSSR count). The zero-order chi connectivity index (χ0) is 15.4. The predicted octanol–water partition coefficient (Wildman–Crippen LogP) is 1.59. The third-order valence-electron chi connectivity index (χ3n) is 3.45. The largest absolute Gasteiger partial charge is 0.507 e. The van der Waals surface area contributed by atoms with Gasteiger partial charge in [0.25, 0.3) is 0 Å². The average molecular weight is 294 g/mol. The molecule has 2 amide bonds. The average Bonchev–Trinajstić information content (AvgIpc) is 2.87. The van der Waals surface area contributed by atoms with Crippen molar-refractivity contribution < 1.29 is 24.5 Å². The number of carboxylic acid groups (broad SMARTS) is 1. The second-order valence-electron chi connectivity index (χ2n) is 5.02. The van der Waals surface area contributed by atoms with Crippen molar-refractivity contribution >= 4 is 17.7 Å². The van der Waals surface area contributed by atoms with Crippen molar-refractivity contribution in [1.82, 2.24) is 4.90 Å². The minimum Gasteiger partial charge on any atom is -0.507 e. The fourth-order valence-electron chi connectivity index (χ4n) is 2.38. The predicted molar refractivity (Wildman–Crippen MR) is 75.6 cm³/mol. The maximum absolute atomic E-state index is 12.1. The number of likely N-dealkylation sites (tertiary alicyclic amines) is 1. The molecule has 0 bridgehead atoms. The molecular formula is C14H18N2O5. The number of nitrogens with one attached hydrogen (secondary N) is 1. The van der Waals surface area contributed by atoms with Crippen LogP contribution >= 0.6 is 0 Å². The minimum atomic E-state index is -1.22. The van der Waals surface area contributed by atoms with Gasteiger partial charge in [-0.1, -0.05) is 0 Å². The Bertz CT molecular complexity index is 546. The molecule has 0 saturated carbocycles. The van der Waals surface area contributed by atoms with Crippen molar-refractivity contribution in [2.75, 3.05) is 32.1 Å². The third kappa shape index (κ3) is 3.63. The van der Waals surface area contributed by atoms with Gasteiger partial charge in [-0.05, 0) is 18.6 Å². The summed E-state index contributed by atoms with van der Waals surface area (Å²) >= 11 is 0. The Morgan fingerprint density at radius 3 is 2.86 bits per heavy atom. The van der Waals surface area contributed by atoms with Gasteiger partial charge in [0.1, 0.15) is 11.3 Å². The number of amides is 2. The van der Waals surface area contributed by atoms with E-state index in [-0.39, 0.29) is 17.3 Å². The number of anilines is 1. The van der Waals surface area contributed by atoms with Crippen LogP contribution in [0.15, 0.2) is 18.2 Å². The van der Waals surface area contributed by atoms with E-state index >= 15 is 0 Å². The maximum atomic E-state index is 12.1. The number of ether oxygens (including phenoxy) is 1. The Morgan fingerprint density at radius 1 is 1.48 bits per heavy atom. The first-order chi connectivity index (χ1) is 10.0. The maximum Gasteiger partial charge on any atom is 0.339 e. The van der Waals surface area contributed by atoms with Crippen LogP contribution in [-0.2, 0) is 4.74 Å². The summed E-state index contributed by atoms with van der Waals surface area (Å²) in [6, 6.07) is 3.66. The van der Waals surface area contributed by atoms with Crippen LogP contribution in [0.1, 0.15) is 16.8 Å². The van der Waals surface area contributed by atoms with E-state index in [1.807, 2.05) is 0 Å². The number of methoxy groups -OCH3 is 1. The van der Waals surface area contributed by atoms with E-state index in [2.05, 4.69) is 5.32 Å². The molecule has 1 atom stereocenters. The molecule has 0 radical (unpaired) electrons. The molecule has 1 aromatic rings. The van der Waals surface area contributed by atoms with Gasteiger partial charge < -0.3 is 25.2 Å². The van der Waals surface area contributed by atoms with E-state index in [0.29, 0.717) is 31.3 Å². The van der Waals surface area contributed by atoms with Gasteiger partial charge in [-0.25, -0.2) is 9.59 Å². The Morgan fingerprint density at radius 2 is 2.24 bits per heavy atom. The molecule has 1 saturated heterocycles. The number of hydrogen-bond donors (Lipinski definition) is 3. The van der Waals surface area contributed by atoms with Crippen LogP contribution in [-0.4, -0.2) is 53.9 Å². The highest BCUT2D eigenvalue weighted by molar-refractivity contribution is 5.94. The normalized spacial score (nSPS) is 17.8. The number of hydrogen-bond acceptors (Lipinski definition) is 4. The molecule has 7 nitrogen and oxygen atoms in total. The summed E-state index contributed by atoms with van der Waals surface area (Å²) < 4.78 is 5.08. The van der Waals surface area contributed by atoms with Gasteiger partial charge in [-0.15, -0.1) is 0 Å². The molecule has 1 fully saturated rings. The lowest BCUT2D eigenvalue weighted by molar-refractivity contribution is 0.0694. The Kier molecular flexibility index (Phi) is 4.64. The Hall–Kier alpha value is -2.28. The van der Waals surface area contributed by atoms with Crippen molar-refractivity contribution in [3.63, 3.8) is 0 Å². The molecule has 7 heteroatoms. The molecular weight excluding hydrogens is 276 g/mol. The van der Waals surface area contributed by atoms with Crippen LogP contribution in [0.5, 0.6) is 5.75 Å². The zero-order valence-electron chi connectivity index (χ0n) is 11.7. The van der Waals surface area contributed by atoms with Gasteiger partial charge >= 0.3 is 12.0 Å². The van der Waals surface area contributed by atoms with Gasteiger partial charge in [-0.2, -0.15) is 0 Å². The van der Waals surface area contributed by atoms with Crippen LogP contribution in [0.2, 0.25) is 0 Å². The van der Waals surface area contributed by atoms with Crippen molar-refractivity contribution in [1.29, 1.82) is 0 Å². The van der Waals surface area contributed by atoms with Crippen LogP contribution in [0.3, 0.4) is 0 Å². The molecule has 114 valence electrons. The second kappa shape index (κ2) is 6.45. The van der Waals surface area contributed by atoms with Crippen molar-refractivity contribution in [3.05, 3.63) is 23.8 Å². The van der Waals surface area contributed by atoms with E-state index in [9.17, 15) is 14.7 Å². The van der Waals surface area contributed by atoms with Crippen LogP contribution < -0.4 is 5.32 Å². The fraction of sp³-hybridized carbons (Fsp3) is 0.429. The number of rotatable bonds is 4. The zero-order valence-corrected chi connectivity index (χ0v) is 11.7. The molecule has 0 spiro atoms. The summed E-state index contributed by atoms with van der Waals surface area (Å²) in [5.41, 5.74) is 0.159. The van der Waals surface area contributed by atoms with E-state index in [1.54, 1.807) is 12.0 Å². The van der Waals surface area contributed by atoms with Crippen molar-refractivity contribution in [2.45, 2.75) is 6.42 Å². The first kappa shape index (κ1) is 15.1. The lowest BCUT2D eigenvalue weighted by Gasteiger charge is -2.17. The summed E-state index contributed by atoms with van der Waals surface area (Å²) in [7, 11) is 1.63. The molecule has 1 unspecified atom stereocenters. The monoisotopic (exact) mass is 294 g/mol. The smallest absolute Gasteiger partial charge is 0.339 e. The van der Waals surface area contributed by atoms with E-state index in [0.717, 1.165) is 6.42 Å². The van der Waals surface area contributed by atoms with Crippen molar-refractivity contribution in [2.24, 2.45) is 5.92 Å². The highest BCUT2D eigenvalue weighted by Crippen LogP contribution is 2.23. The fourth-order valence-corrected chi connectivity index (χ4v) is 2.38. The van der Waals surface area contributed by atoms with Crippen LogP contribution in [0.4, 0.5) is 10.5 Å². The van der Waals surface area contributed by atoms with Crippen molar-refractivity contribution in [3.8, 4) is 5.75 Å². The van der Waals surface area contributed by atoms with Gasteiger partial charge in [0.15, 0.2) is 0 Å². The Balaban J connectivity index is 1.97. The van der Waals surface area contributed by atoms with Gasteiger partial charge in [0.05, 0.1) is 6.61 Å². The summed E-state index contributed by atoms with van der Waals surface area (Å²) in [6.45, 7) is 1.90. The van der Waals surface area contributed by atoms with Crippen LogP contribution in [0.25, 0.3) is 0 Å². The minimum absolute atomic E-state index is 0.200. The second-order valence-corrected chi connectivity index (χ2v) is 5.02. The highest BCUT2D eigenvalue weighted by atomic mass is 16.5. The van der Waals surface area contributed by atoms with Gasteiger partial charge in [-0.3, -0.25) is 0 Å². The Labute approximate surface area is 122 Å². The molecule has 1 heterocycles. The number of carboxylic acids is 1. The lowest BCUT2D eigenvalue weighted by atomic mass is 10.1. The number of carbonyl (C=O) groups excluding carboxylic acids is 1. The molecule has 1 aromatic carbocycles. The SMILES string of the molecule is COCC1CCN(C(=O)Nc2ccc(C(=O)O)c(O)c2)C1. The lowest BCUT2D eigenvalue weighted by Crippen LogP contribution is -2.33. The quantitative estimate of drug-likeness (QED) is 0.783. The molecule has 21 heavy (non-hydrogen) atoms. The summed E-state index contributed by atoms with van der Waals surface area (Å²) in [6.07, 6.45) is 0.893. The topological polar surface area (TPSA) is 99.1 Å². The third-order valence-corrected chi connectivity index (χ3v) is 3.45. The highest BCUT2D eigenvalue weighted by Gasteiger charge is 2.26. The van der Waals surface area contributed by atoms with Crippen LogP contribution in [0, 0.1) is 5.92 Å². The molecule has 1 aliphatic rings. The first-order valence-corrected chi connectivity index (χ1v) is 6.62. The van der Waals surface area contributed by atoms with E-state index in [4.69, 9.17) is 9.84 Å². The number of carbonyl (C=O) groups is 2. The van der Waals surface area contributed by atoms with E-state index < -0.39 is 5.97 Å². The molecule has 1 aliphatic heterocycles. The van der Waals surface area contributed by atoms with Gasteiger partial charge in [0.2, 0.25) is 0 Å². The first-order valence-electron chi connectivity index (χ1n) is 6.62. The standard InChI is InChI=1S/C14H18N2O5/c1-21-8-9-4-5-16(7-9)14(20)15-10-2-3-11(13(18)19)12(17)6-10/h2-3,6,9,17H,4-5,7-8H2,1H3,(H,15,20)(H,18,19). The number of urea groups is 1. The number of benzene rings is 1. The molecule has 0 aromatic heterocycles. The summed E-state index contributed by atoms with van der Waals surface area (Å²) in [4.78, 5) is 24.5.